The maximum Gasteiger partial charge on any atom is 0.132 e. The summed E-state index contributed by atoms with van der Waals surface area (Å²) >= 11 is 1.72. The Morgan fingerprint density at radius 2 is 1.86 bits per heavy atom. The lowest BCUT2D eigenvalue weighted by molar-refractivity contribution is 0.145. The van der Waals surface area contributed by atoms with Crippen LogP contribution < -0.4 is 15.4 Å². The van der Waals surface area contributed by atoms with E-state index in [2.05, 4.69) is 62.8 Å². The highest BCUT2D eigenvalue weighted by Crippen LogP contribution is 2.30. The molecule has 1 aromatic carbocycles. The van der Waals surface area contributed by atoms with E-state index in [1.165, 1.54) is 10.5 Å². The van der Waals surface area contributed by atoms with Crippen LogP contribution in [0.15, 0.2) is 23.1 Å². The smallest absolute Gasteiger partial charge is 0.132 e. The zero-order chi connectivity index (χ0) is 16.4. The van der Waals surface area contributed by atoms with Crippen molar-refractivity contribution in [2.45, 2.75) is 69.1 Å². The summed E-state index contributed by atoms with van der Waals surface area (Å²) in [4.78, 5) is 1.19. The zero-order valence-electron chi connectivity index (χ0n) is 14.7. The maximum atomic E-state index is 5.48. The number of nitrogens with one attached hydrogen (secondary N) is 2. The van der Waals surface area contributed by atoms with Crippen molar-refractivity contribution in [2.75, 3.05) is 13.4 Å². The number of thioether (sulfide) groups is 1. The minimum atomic E-state index is 0.180. The lowest BCUT2D eigenvalue weighted by Crippen LogP contribution is -2.61. The summed E-state index contributed by atoms with van der Waals surface area (Å²) in [7, 11) is 1.74. The molecule has 0 spiro atoms. The monoisotopic (exact) mass is 322 g/mol. The number of ether oxygens (including phenoxy) is 1. The Bertz CT molecular complexity index is 498. The Morgan fingerprint density at radius 1 is 1.23 bits per heavy atom. The van der Waals surface area contributed by atoms with Gasteiger partial charge in [-0.3, -0.25) is 0 Å². The van der Waals surface area contributed by atoms with Crippen LogP contribution in [0.3, 0.4) is 0 Å². The number of hydrogen-bond donors (Lipinski definition) is 2. The van der Waals surface area contributed by atoms with Crippen LogP contribution in [0.5, 0.6) is 5.75 Å². The minimum Gasteiger partial charge on any atom is -0.496 e. The fourth-order valence-corrected chi connectivity index (χ4v) is 4.27. The molecule has 124 valence electrons. The van der Waals surface area contributed by atoms with Crippen molar-refractivity contribution in [3.05, 3.63) is 23.8 Å². The van der Waals surface area contributed by atoms with Crippen LogP contribution in [0.1, 0.15) is 46.1 Å². The second-order valence-electron chi connectivity index (χ2n) is 7.57. The summed E-state index contributed by atoms with van der Waals surface area (Å²) in [6.07, 6.45) is 4.38. The van der Waals surface area contributed by atoms with E-state index in [0.29, 0.717) is 6.04 Å². The molecule has 0 saturated carbocycles. The van der Waals surface area contributed by atoms with Crippen LogP contribution in [-0.2, 0) is 6.54 Å². The molecule has 0 unspecified atom stereocenters. The molecule has 2 N–H and O–H groups in total. The quantitative estimate of drug-likeness (QED) is 0.808. The highest BCUT2D eigenvalue weighted by atomic mass is 32.2. The molecule has 1 heterocycles. The standard InChI is InChI=1S/C18H30N2OS/c1-17(2)10-14(11-18(3,4)20-17)19-12-13-7-8-16(22-6)15(9-13)21-5/h7-9,14,19-20H,10-12H2,1-6H3. The molecule has 1 saturated heterocycles. The molecule has 4 heteroatoms. The number of benzene rings is 1. The van der Waals surface area contributed by atoms with Crippen molar-refractivity contribution >= 4 is 11.8 Å². The summed E-state index contributed by atoms with van der Waals surface area (Å²) in [5.41, 5.74) is 1.64. The Kier molecular flexibility index (Phi) is 5.46. The molecule has 1 fully saturated rings. The van der Waals surface area contributed by atoms with Crippen molar-refractivity contribution in [1.29, 1.82) is 0 Å². The fourth-order valence-electron chi connectivity index (χ4n) is 3.72. The Balaban J connectivity index is 2.00. The van der Waals surface area contributed by atoms with Crippen molar-refractivity contribution < 1.29 is 4.74 Å². The lowest BCUT2D eigenvalue weighted by atomic mass is 9.79. The second-order valence-corrected chi connectivity index (χ2v) is 8.42. The second kappa shape index (κ2) is 6.81. The number of methoxy groups -OCH3 is 1. The molecule has 1 aliphatic rings. The van der Waals surface area contributed by atoms with E-state index in [1.54, 1.807) is 18.9 Å². The summed E-state index contributed by atoms with van der Waals surface area (Å²) in [5.74, 6) is 0.970. The highest BCUT2D eigenvalue weighted by Gasteiger charge is 2.37. The highest BCUT2D eigenvalue weighted by molar-refractivity contribution is 7.98. The van der Waals surface area contributed by atoms with Gasteiger partial charge < -0.3 is 15.4 Å². The molecule has 0 atom stereocenters. The van der Waals surface area contributed by atoms with Crippen LogP contribution in [0, 0.1) is 0 Å². The average Bonchev–Trinajstić information content (AvgIpc) is 2.41. The molecule has 2 rings (SSSR count). The van der Waals surface area contributed by atoms with E-state index in [4.69, 9.17) is 4.74 Å². The molecule has 0 aliphatic carbocycles. The van der Waals surface area contributed by atoms with Crippen LogP contribution >= 0.6 is 11.8 Å². The average molecular weight is 323 g/mol. The third kappa shape index (κ3) is 4.64. The van der Waals surface area contributed by atoms with Crippen LogP contribution in [0.2, 0.25) is 0 Å². The molecule has 1 aromatic rings. The Labute approximate surface area is 139 Å². The van der Waals surface area contributed by atoms with Crippen LogP contribution in [0.25, 0.3) is 0 Å². The first kappa shape index (κ1) is 17.6. The summed E-state index contributed by atoms with van der Waals surface area (Å²) < 4.78 is 5.48. The topological polar surface area (TPSA) is 33.3 Å². The predicted molar refractivity (Wildman–Crippen MR) is 95.9 cm³/mol. The summed E-state index contributed by atoms with van der Waals surface area (Å²) in [6, 6.07) is 7.03. The van der Waals surface area contributed by atoms with Gasteiger partial charge >= 0.3 is 0 Å². The molecule has 1 aliphatic heterocycles. The molecular formula is C18H30N2OS. The number of hydrogen-bond acceptors (Lipinski definition) is 4. The van der Waals surface area contributed by atoms with Crippen molar-refractivity contribution in [1.82, 2.24) is 10.6 Å². The van der Waals surface area contributed by atoms with Gasteiger partial charge in [-0.1, -0.05) is 6.07 Å². The van der Waals surface area contributed by atoms with Gasteiger partial charge in [-0.15, -0.1) is 11.8 Å². The van der Waals surface area contributed by atoms with Crippen LogP contribution in [0.4, 0.5) is 0 Å². The molecule has 22 heavy (non-hydrogen) atoms. The van der Waals surface area contributed by atoms with Gasteiger partial charge in [0, 0.05) is 28.6 Å². The van der Waals surface area contributed by atoms with Gasteiger partial charge in [-0.25, -0.2) is 0 Å². The van der Waals surface area contributed by atoms with E-state index in [0.717, 1.165) is 25.1 Å². The van der Waals surface area contributed by atoms with E-state index >= 15 is 0 Å². The molecule has 0 radical (unpaired) electrons. The maximum absolute atomic E-state index is 5.48. The van der Waals surface area contributed by atoms with Gasteiger partial charge in [0.25, 0.3) is 0 Å². The first-order valence-corrected chi connectivity index (χ1v) is 9.21. The molecule has 0 amide bonds. The largest absolute Gasteiger partial charge is 0.496 e. The SMILES string of the molecule is COc1cc(CNC2CC(C)(C)NC(C)(C)C2)ccc1SC. The predicted octanol–water partition coefficient (Wildman–Crippen LogP) is 3.82. The Hall–Kier alpha value is -0.710. The van der Waals surface area contributed by atoms with Gasteiger partial charge in [-0.05, 0) is 64.5 Å². The minimum absolute atomic E-state index is 0.180. The summed E-state index contributed by atoms with van der Waals surface area (Å²) in [5, 5.41) is 7.47. The van der Waals surface area contributed by atoms with Crippen molar-refractivity contribution in [2.24, 2.45) is 0 Å². The lowest BCUT2D eigenvalue weighted by Gasteiger charge is -2.46. The van der Waals surface area contributed by atoms with Crippen molar-refractivity contribution in [3.63, 3.8) is 0 Å². The number of rotatable bonds is 5. The molecule has 0 bridgehead atoms. The van der Waals surface area contributed by atoms with Gasteiger partial charge in [0.1, 0.15) is 5.75 Å². The first-order chi connectivity index (χ1) is 10.2. The number of piperidine rings is 1. The summed E-state index contributed by atoms with van der Waals surface area (Å²) in [6.45, 7) is 10.1. The third-order valence-corrected chi connectivity index (χ3v) is 5.01. The van der Waals surface area contributed by atoms with Gasteiger partial charge in [0.05, 0.1) is 7.11 Å². The normalized spacial score (nSPS) is 20.8. The first-order valence-electron chi connectivity index (χ1n) is 7.98. The van der Waals surface area contributed by atoms with E-state index < -0.39 is 0 Å². The van der Waals surface area contributed by atoms with E-state index in [-0.39, 0.29) is 11.1 Å². The zero-order valence-corrected chi connectivity index (χ0v) is 15.6. The molecule has 3 nitrogen and oxygen atoms in total. The van der Waals surface area contributed by atoms with Crippen LogP contribution in [-0.4, -0.2) is 30.5 Å². The molecule has 0 aromatic heterocycles. The van der Waals surface area contributed by atoms with Gasteiger partial charge in [-0.2, -0.15) is 0 Å². The van der Waals surface area contributed by atoms with E-state index in [9.17, 15) is 0 Å². The Morgan fingerprint density at radius 3 is 2.41 bits per heavy atom. The van der Waals surface area contributed by atoms with Gasteiger partial charge in [0.2, 0.25) is 0 Å². The van der Waals surface area contributed by atoms with Crippen molar-refractivity contribution in [3.8, 4) is 5.75 Å². The molecular weight excluding hydrogens is 292 g/mol. The fraction of sp³-hybridized carbons (Fsp3) is 0.667. The van der Waals surface area contributed by atoms with E-state index in [1.807, 2.05) is 0 Å². The van der Waals surface area contributed by atoms with Gasteiger partial charge in [0.15, 0.2) is 0 Å². The third-order valence-electron chi connectivity index (χ3n) is 4.23.